The summed E-state index contributed by atoms with van der Waals surface area (Å²) in [5.41, 5.74) is 3.47. The SMILES string of the molecule is O=C(/C=C/c1ccccc1)Oc1ccc(Br)cc1/C=N/NC(=O)c1cccc([N+](=O)[O-])c1. The lowest BCUT2D eigenvalue weighted by atomic mass is 10.2. The average molecular weight is 494 g/mol. The fourth-order valence-electron chi connectivity index (χ4n) is 2.57. The van der Waals surface area contributed by atoms with E-state index in [1.165, 1.54) is 30.5 Å². The van der Waals surface area contributed by atoms with Crippen LogP contribution in [0.1, 0.15) is 21.5 Å². The normalized spacial score (nSPS) is 10.9. The Kier molecular flexibility index (Phi) is 7.60. The Labute approximate surface area is 191 Å². The second-order valence-corrected chi connectivity index (χ2v) is 7.27. The van der Waals surface area contributed by atoms with Gasteiger partial charge in [-0.05, 0) is 35.9 Å². The first-order chi connectivity index (χ1) is 15.4. The molecule has 0 spiro atoms. The first kappa shape index (κ1) is 22.6. The van der Waals surface area contributed by atoms with Crippen LogP contribution in [0.5, 0.6) is 5.75 Å². The van der Waals surface area contributed by atoms with Gasteiger partial charge in [0.25, 0.3) is 11.6 Å². The van der Waals surface area contributed by atoms with Crippen LogP contribution >= 0.6 is 15.9 Å². The van der Waals surface area contributed by atoms with Crippen molar-refractivity contribution in [3.8, 4) is 5.75 Å². The fourth-order valence-corrected chi connectivity index (χ4v) is 2.95. The Morgan fingerprint density at radius 1 is 1.03 bits per heavy atom. The van der Waals surface area contributed by atoms with Crippen molar-refractivity contribution in [2.75, 3.05) is 0 Å². The molecule has 0 bridgehead atoms. The third-order valence-corrected chi connectivity index (χ3v) is 4.58. The summed E-state index contributed by atoms with van der Waals surface area (Å²) in [4.78, 5) is 34.7. The van der Waals surface area contributed by atoms with Crippen LogP contribution in [-0.2, 0) is 4.79 Å². The molecule has 3 aromatic carbocycles. The number of ether oxygens (including phenoxy) is 1. The van der Waals surface area contributed by atoms with Gasteiger partial charge in [-0.3, -0.25) is 14.9 Å². The van der Waals surface area contributed by atoms with E-state index in [0.29, 0.717) is 10.0 Å². The van der Waals surface area contributed by atoms with Crippen LogP contribution in [-0.4, -0.2) is 23.0 Å². The number of halogens is 1. The first-order valence-electron chi connectivity index (χ1n) is 9.25. The molecule has 0 atom stereocenters. The lowest BCUT2D eigenvalue weighted by molar-refractivity contribution is -0.384. The fraction of sp³-hybridized carbons (Fsp3) is 0. The number of hydrazone groups is 1. The van der Waals surface area contributed by atoms with Crippen LogP contribution < -0.4 is 10.2 Å². The van der Waals surface area contributed by atoms with E-state index < -0.39 is 16.8 Å². The maximum Gasteiger partial charge on any atom is 0.336 e. The van der Waals surface area contributed by atoms with E-state index in [-0.39, 0.29) is 17.0 Å². The minimum atomic E-state index is -0.621. The maximum atomic E-state index is 12.2. The molecule has 0 aliphatic heterocycles. The Hall–Kier alpha value is -4.11. The van der Waals surface area contributed by atoms with Crippen molar-refractivity contribution in [1.29, 1.82) is 0 Å². The van der Waals surface area contributed by atoms with Gasteiger partial charge >= 0.3 is 5.97 Å². The number of carbonyl (C=O) groups is 2. The van der Waals surface area contributed by atoms with Crippen molar-refractivity contribution < 1.29 is 19.2 Å². The van der Waals surface area contributed by atoms with Gasteiger partial charge in [0.2, 0.25) is 0 Å². The second-order valence-electron chi connectivity index (χ2n) is 6.35. The highest BCUT2D eigenvalue weighted by Crippen LogP contribution is 2.22. The molecule has 0 radical (unpaired) electrons. The van der Waals surface area contributed by atoms with Crippen molar-refractivity contribution in [3.05, 3.63) is 110 Å². The first-order valence-corrected chi connectivity index (χ1v) is 10.0. The number of rotatable bonds is 7. The van der Waals surface area contributed by atoms with Crippen LogP contribution in [0, 0.1) is 10.1 Å². The van der Waals surface area contributed by atoms with E-state index in [2.05, 4.69) is 26.5 Å². The Bertz CT molecular complexity index is 1210. The number of esters is 1. The van der Waals surface area contributed by atoms with Gasteiger partial charge in [0, 0.05) is 33.8 Å². The number of non-ortho nitro benzene ring substituents is 1. The molecule has 0 saturated heterocycles. The molecule has 3 aromatic rings. The summed E-state index contributed by atoms with van der Waals surface area (Å²) in [7, 11) is 0. The molecule has 0 aliphatic carbocycles. The summed E-state index contributed by atoms with van der Waals surface area (Å²) in [6.45, 7) is 0. The highest BCUT2D eigenvalue weighted by atomic mass is 79.9. The molecule has 160 valence electrons. The van der Waals surface area contributed by atoms with Crippen molar-refractivity contribution in [1.82, 2.24) is 5.43 Å². The van der Waals surface area contributed by atoms with Gasteiger partial charge in [-0.15, -0.1) is 0 Å². The smallest absolute Gasteiger partial charge is 0.336 e. The van der Waals surface area contributed by atoms with Crippen molar-refractivity contribution in [2.24, 2.45) is 5.10 Å². The maximum absolute atomic E-state index is 12.2. The zero-order valence-electron chi connectivity index (χ0n) is 16.5. The summed E-state index contributed by atoms with van der Waals surface area (Å²) in [5, 5.41) is 14.7. The largest absolute Gasteiger partial charge is 0.423 e. The predicted molar refractivity (Wildman–Crippen MR) is 123 cm³/mol. The average Bonchev–Trinajstić information content (AvgIpc) is 2.80. The monoisotopic (exact) mass is 493 g/mol. The molecule has 0 aliphatic rings. The highest BCUT2D eigenvalue weighted by Gasteiger charge is 2.11. The van der Waals surface area contributed by atoms with Gasteiger partial charge in [-0.2, -0.15) is 5.10 Å². The summed E-state index contributed by atoms with van der Waals surface area (Å²) in [6.07, 6.45) is 4.25. The van der Waals surface area contributed by atoms with Gasteiger partial charge < -0.3 is 4.74 Å². The molecule has 0 saturated carbocycles. The number of carbonyl (C=O) groups excluding carboxylic acids is 2. The number of nitrogens with zero attached hydrogens (tertiary/aromatic N) is 2. The molecule has 9 heteroatoms. The minimum Gasteiger partial charge on any atom is -0.423 e. The van der Waals surface area contributed by atoms with E-state index in [4.69, 9.17) is 4.74 Å². The molecule has 0 aromatic heterocycles. The van der Waals surface area contributed by atoms with Crippen molar-refractivity contribution >= 4 is 45.8 Å². The molecular weight excluding hydrogens is 478 g/mol. The Balaban J connectivity index is 1.69. The van der Waals surface area contributed by atoms with E-state index >= 15 is 0 Å². The molecule has 0 fully saturated rings. The van der Waals surface area contributed by atoms with Crippen LogP contribution in [0.15, 0.2) is 88.4 Å². The molecule has 32 heavy (non-hydrogen) atoms. The number of hydrogen-bond acceptors (Lipinski definition) is 6. The number of nitro groups is 1. The molecule has 8 nitrogen and oxygen atoms in total. The summed E-state index contributed by atoms with van der Waals surface area (Å²) in [5.74, 6) is -0.958. The predicted octanol–water partition coefficient (Wildman–Crippen LogP) is 4.74. The van der Waals surface area contributed by atoms with E-state index in [0.717, 1.165) is 11.6 Å². The van der Waals surface area contributed by atoms with Crippen LogP contribution in [0.4, 0.5) is 5.69 Å². The van der Waals surface area contributed by atoms with Gasteiger partial charge in [0.05, 0.1) is 11.1 Å². The number of nitro benzene ring substituents is 1. The zero-order valence-corrected chi connectivity index (χ0v) is 18.1. The number of amides is 1. The van der Waals surface area contributed by atoms with Crippen molar-refractivity contribution in [3.63, 3.8) is 0 Å². The quantitative estimate of drug-likeness (QED) is 0.127. The Morgan fingerprint density at radius 3 is 2.56 bits per heavy atom. The third kappa shape index (κ3) is 6.44. The van der Waals surface area contributed by atoms with Gasteiger partial charge in [-0.1, -0.05) is 52.3 Å². The van der Waals surface area contributed by atoms with E-state index in [1.807, 2.05) is 30.3 Å². The van der Waals surface area contributed by atoms with Gasteiger partial charge in [-0.25, -0.2) is 10.2 Å². The van der Waals surface area contributed by atoms with Crippen LogP contribution in [0.2, 0.25) is 0 Å². The summed E-state index contributed by atoms with van der Waals surface area (Å²) >= 11 is 3.34. The lowest BCUT2D eigenvalue weighted by Gasteiger charge is -2.06. The topological polar surface area (TPSA) is 111 Å². The summed E-state index contributed by atoms with van der Waals surface area (Å²) in [6, 6.07) is 19.5. The molecule has 0 heterocycles. The van der Waals surface area contributed by atoms with Crippen LogP contribution in [0.25, 0.3) is 6.08 Å². The van der Waals surface area contributed by atoms with E-state index in [1.54, 1.807) is 24.3 Å². The van der Waals surface area contributed by atoms with Gasteiger partial charge in [0.1, 0.15) is 5.75 Å². The number of hydrogen-bond donors (Lipinski definition) is 1. The van der Waals surface area contributed by atoms with Crippen LogP contribution in [0.3, 0.4) is 0 Å². The number of benzene rings is 3. The second kappa shape index (κ2) is 10.8. The number of nitrogens with one attached hydrogen (secondary N) is 1. The standard InChI is InChI=1S/C23H16BrN3O5/c24-19-10-11-21(32-22(28)12-9-16-5-2-1-3-6-16)18(13-19)15-25-26-23(29)17-7-4-8-20(14-17)27(30)31/h1-15H,(H,26,29)/b12-9+,25-15+. The molecule has 1 amide bonds. The molecular formula is C23H16BrN3O5. The van der Waals surface area contributed by atoms with Crippen molar-refractivity contribution in [2.45, 2.75) is 0 Å². The zero-order chi connectivity index (χ0) is 22.9. The molecule has 1 N–H and O–H groups in total. The third-order valence-electron chi connectivity index (χ3n) is 4.08. The van der Waals surface area contributed by atoms with E-state index in [9.17, 15) is 19.7 Å². The highest BCUT2D eigenvalue weighted by molar-refractivity contribution is 9.10. The molecule has 3 rings (SSSR count). The minimum absolute atomic E-state index is 0.0864. The Morgan fingerprint density at radius 2 is 1.81 bits per heavy atom. The molecule has 0 unspecified atom stereocenters. The summed E-state index contributed by atoms with van der Waals surface area (Å²) < 4.78 is 6.09. The van der Waals surface area contributed by atoms with Gasteiger partial charge in [0.15, 0.2) is 0 Å². The lowest BCUT2D eigenvalue weighted by Crippen LogP contribution is -2.17.